The van der Waals surface area contributed by atoms with Crippen molar-refractivity contribution in [3.63, 3.8) is 0 Å². The molecule has 0 saturated carbocycles. The SMILES string of the molecule is CC1Oc2cc(Oc3ccccc3)ccc2N(C)C1=O. The summed E-state index contributed by atoms with van der Waals surface area (Å²) in [4.78, 5) is 13.4. The predicted octanol–water partition coefficient (Wildman–Crippen LogP) is 3.22. The Hall–Kier alpha value is -2.49. The van der Waals surface area contributed by atoms with Gasteiger partial charge in [0.25, 0.3) is 5.91 Å². The van der Waals surface area contributed by atoms with Crippen LogP contribution in [0.1, 0.15) is 6.92 Å². The zero-order valence-electron chi connectivity index (χ0n) is 11.4. The molecule has 4 heteroatoms. The standard InChI is InChI=1S/C16H15NO3/c1-11-16(18)17(2)14-9-8-13(10-15(14)19-11)20-12-6-4-3-5-7-12/h3-11H,1-2H3. The largest absolute Gasteiger partial charge is 0.479 e. The molecule has 1 aliphatic rings. The number of para-hydroxylation sites is 1. The van der Waals surface area contributed by atoms with Gasteiger partial charge in [0, 0.05) is 13.1 Å². The smallest absolute Gasteiger partial charge is 0.267 e. The quantitative estimate of drug-likeness (QED) is 0.840. The minimum Gasteiger partial charge on any atom is -0.479 e. The van der Waals surface area contributed by atoms with Crippen molar-refractivity contribution in [3.8, 4) is 17.2 Å². The van der Waals surface area contributed by atoms with Crippen LogP contribution >= 0.6 is 0 Å². The Morgan fingerprint density at radius 1 is 1.10 bits per heavy atom. The van der Waals surface area contributed by atoms with Gasteiger partial charge >= 0.3 is 0 Å². The summed E-state index contributed by atoms with van der Waals surface area (Å²) in [5, 5.41) is 0. The maximum atomic E-state index is 11.8. The Bertz CT molecular complexity index is 639. The summed E-state index contributed by atoms with van der Waals surface area (Å²) < 4.78 is 11.4. The normalized spacial score (nSPS) is 17.4. The van der Waals surface area contributed by atoms with Gasteiger partial charge in [-0.25, -0.2) is 0 Å². The van der Waals surface area contributed by atoms with Crippen LogP contribution in [0.4, 0.5) is 5.69 Å². The second kappa shape index (κ2) is 4.89. The third-order valence-electron chi connectivity index (χ3n) is 3.25. The van der Waals surface area contributed by atoms with Gasteiger partial charge in [0.1, 0.15) is 17.2 Å². The fourth-order valence-electron chi connectivity index (χ4n) is 2.19. The van der Waals surface area contributed by atoms with E-state index in [-0.39, 0.29) is 5.91 Å². The van der Waals surface area contributed by atoms with Crippen LogP contribution in [0.25, 0.3) is 0 Å². The van der Waals surface area contributed by atoms with Gasteiger partial charge < -0.3 is 14.4 Å². The first kappa shape index (κ1) is 12.5. The molecule has 2 aromatic rings. The van der Waals surface area contributed by atoms with Crippen LogP contribution in [0.2, 0.25) is 0 Å². The summed E-state index contributed by atoms with van der Waals surface area (Å²) in [6.45, 7) is 1.74. The molecule has 1 amide bonds. The molecular weight excluding hydrogens is 254 g/mol. The van der Waals surface area contributed by atoms with E-state index in [1.54, 1.807) is 18.9 Å². The summed E-state index contributed by atoms with van der Waals surface area (Å²) in [6, 6.07) is 15.0. The molecular formula is C16H15NO3. The van der Waals surface area contributed by atoms with E-state index >= 15 is 0 Å². The maximum absolute atomic E-state index is 11.8. The number of fused-ring (bicyclic) bond motifs is 1. The molecule has 0 fully saturated rings. The lowest BCUT2D eigenvalue weighted by Gasteiger charge is -2.30. The summed E-state index contributed by atoms with van der Waals surface area (Å²) in [7, 11) is 1.75. The minimum absolute atomic E-state index is 0.0470. The molecule has 0 spiro atoms. The second-order valence-electron chi connectivity index (χ2n) is 4.70. The number of likely N-dealkylation sites (N-methyl/N-ethyl adjacent to an activating group) is 1. The number of anilines is 1. The van der Waals surface area contributed by atoms with Gasteiger partial charge in [0.05, 0.1) is 5.69 Å². The molecule has 1 unspecified atom stereocenters. The summed E-state index contributed by atoms with van der Waals surface area (Å²) >= 11 is 0. The average Bonchev–Trinajstić information content (AvgIpc) is 2.46. The maximum Gasteiger partial charge on any atom is 0.267 e. The number of hydrogen-bond acceptors (Lipinski definition) is 3. The van der Waals surface area contributed by atoms with Crippen LogP contribution in [0.5, 0.6) is 17.2 Å². The van der Waals surface area contributed by atoms with Crippen molar-refractivity contribution in [2.45, 2.75) is 13.0 Å². The number of nitrogens with zero attached hydrogens (tertiary/aromatic N) is 1. The molecule has 0 radical (unpaired) electrons. The van der Waals surface area contributed by atoms with E-state index in [4.69, 9.17) is 9.47 Å². The van der Waals surface area contributed by atoms with Crippen molar-refractivity contribution in [1.29, 1.82) is 0 Å². The Morgan fingerprint density at radius 3 is 2.60 bits per heavy atom. The Labute approximate surface area is 117 Å². The number of carbonyl (C=O) groups is 1. The molecule has 0 aliphatic carbocycles. The van der Waals surface area contributed by atoms with Crippen molar-refractivity contribution in [2.75, 3.05) is 11.9 Å². The summed E-state index contributed by atoms with van der Waals surface area (Å²) in [5.41, 5.74) is 0.758. The number of benzene rings is 2. The topological polar surface area (TPSA) is 38.8 Å². The van der Waals surface area contributed by atoms with Crippen LogP contribution in [-0.4, -0.2) is 19.1 Å². The fraction of sp³-hybridized carbons (Fsp3) is 0.188. The molecule has 20 heavy (non-hydrogen) atoms. The van der Waals surface area contributed by atoms with Gasteiger partial charge in [-0.1, -0.05) is 18.2 Å². The fourth-order valence-corrected chi connectivity index (χ4v) is 2.19. The van der Waals surface area contributed by atoms with E-state index in [2.05, 4.69) is 0 Å². The molecule has 1 aliphatic heterocycles. The first-order valence-electron chi connectivity index (χ1n) is 6.46. The molecule has 3 rings (SSSR count). The molecule has 0 saturated heterocycles. The molecule has 102 valence electrons. The zero-order chi connectivity index (χ0) is 14.1. The van der Waals surface area contributed by atoms with Crippen LogP contribution in [0, 0.1) is 0 Å². The molecule has 0 aromatic heterocycles. The van der Waals surface area contributed by atoms with E-state index in [1.165, 1.54) is 0 Å². The van der Waals surface area contributed by atoms with E-state index in [0.717, 1.165) is 11.4 Å². The van der Waals surface area contributed by atoms with Crippen LogP contribution in [-0.2, 0) is 4.79 Å². The molecule has 1 atom stereocenters. The number of rotatable bonds is 2. The van der Waals surface area contributed by atoms with Crippen LogP contribution in [0.15, 0.2) is 48.5 Å². The highest BCUT2D eigenvalue weighted by molar-refractivity contribution is 5.99. The van der Waals surface area contributed by atoms with Gasteiger partial charge in [-0.05, 0) is 31.2 Å². The Kier molecular flexibility index (Phi) is 3.06. The highest BCUT2D eigenvalue weighted by Gasteiger charge is 2.29. The highest BCUT2D eigenvalue weighted by atomic mass is 16.5. The average molecular weight is 269 g/mol. The minimum atomic E-state index is -0.473. The van der Waals surface area contributed by atoms with Crippen molar-refractivity contribution in [3.05, 3.63) is 48.5 Å². The lowest BCUT2D eigenvalue weighted by molar-refractivity contribution is -0.125. The zero-order valence-corrected chi connectivity index (χ0v) is 11.4. The van der Waals surface area contributed by atoms with E-state index in [0.29, 0.717) is 11.5 Å². The second-order valence-corrected chi connectivity index (χ2v) is 4.70. The lowest BCUT2D eigenvalue weighted by atomic mass is 10.2. The first-order chi connectivity index (χ1) is 9.65. The lowest BCUT2D eigenvalue weighted by Crippen LogP contribution is -2.41. The highest BCUT2D eigenvalue weighted by Crippen LogP contribution is 2.37. The number of carbonyl (C=O) groups excluding carboxylic acids is 1. The summed E-state index contributed by atoms with van der Waals surface area (Å²) in [6.07, 6.45) is -0.473. The number of ether oxygens (including phenoxy) is 2. The van der Waals surface area contributed by atoms with Gasteiger partial charge in [-0.2, -0.15) is 0 Å². The van der Waals surface area contributed by atoms with E-state index < -0.39 is 6.10 Å². The van der Waals surface area contributed by atoms with Crippen molar-refractivity contribution in [1.82, 2.24) is 0 Å². The molecule has 0 bridgehead atoms. The number of amides is 1. The van der Waals surface area contributed by atoms with Gasteiger partial charge in [-0.15, -0.1) is 0 Å². The van der Waals surface area contributed by atoms with Gasteiger partial charge in [0.15, 0.2) is 6.10 Å². The van der Waals surface area contributed by atoms with Crippen molar-refractivity contribution >= 4 is 11.6 Å². The van der Waals surface area contributed by atoms with E-state index in [1.807, 2.05) is 48.5 Å². The Balaban J connectivity index is 1.90. The van der Waals surface area contributed by atoms with Crippen molar-refractivity contribution < 1.29 is 14.3 Å². The third kappa shape index (κ3) is 2.20. The van der Waals surface area contributed by atoms with Crippen molar-refractivity contribution in [2.24, 2.45) is 0 Å². The molecule has 2 aromatic carbocycles. The van der Waals surface area contributed by atoms with Crippen LogP contribution in [0.3, 0.4) is 0 Å². The van der Waals surface area contributed by atoms with E-state index in [9.17, 15) is 4.79 Å². The first-order valence-corrected chi connectivity index (χ1v) is 6.46. The monoisotopic (exact) mass is 269 g/mol. The number of hydrogen-bond donors (Lipinski definition) is 0. The predicted molar refractivity (Wildman–Crippen MR) is 76.5 cm³/mol. The molecule has 1 heterocycles. The van der Waals surface area contributed by atoms with Gasteiger partial charge in [-0.3, -0.25) is 4.79 Å². The Morgan fingerprint density at radius 2 is 1.85 bits per heavy atom. The van der Waals surface area contributed by atoms with Crippen LogP contribution < -0.4 is 14.4 Å². The molecule has 0 N–H and O–H groups in total. The third-order valence-corrected chi connectivity index (χ3v) is 3.25. The summed E-state index contributed by atoms with van der Waals surface area (Å²) in [5.74, 6) is 2.06. The van der Waals surface area contributed by atoms with Gasteiger partial charge in [0.2, 0.25) is 0 Å². The molecule has 4 nitrogen and oxygen atoms in total.